The summed E-state index contributed by atoms with van der Waals surface area (Å²) in [4.78, 5) is 22.3. The number of hydrogen-bond donors (Lipinski definition) is 1. The SMILES string of the molecule is COc1cc(OCC(=O)N[C@@H](C)COc2ccc(C)cc2)ccc1[N+](=O)[O-]. The number of hydrogen-bond acceptors (Lipinski definition) is 6. The van der Waals surface area contributed by atoms with E-state index in [0.717, 1.165) is 11.3 Å². The first kappa shape index (κ1) is 20.0. The molecule has 0 saturated carbocycles. The number of amides is 1. The summed E-state index contributed by atoms with van der Waals surface area (Å²) in [7, 11) is 1.33. The number of aryl methyl sites for hydroxylation is 1. The molecule has 2 rings (SSSR count). The van der Waals surface area contributed by atoms with Crippen molar-refractivity contribution < 1.29 is 23.9 Å². The molecule has 0 saturated heterocycles. The molecular weight excluding hydrogens is 352 g/mol. The Morgan fingerprint density at radius 1 is 1.15 bits per heavy atom. The van der Waals surface area contributed by atoms with E-state index in [2.05, 4.69) is 5.32 Å². The van der Waals surface area contributed by atoms with Crippen LogP contribution < -0.4 is 19.5 Å². The monoisotopic (exact) mass is 374 g/mol. The van der Waals surface area contributed by atoms with Crippen molar-refractivity contribution >= 4 is 11.6 Å². The number of nitrogens with zero attached hydrogens (tertiary/aromatic N) is 1. The summed E-state index contributed by atoms with van der Waals surface area (Å²) in [6.07, 6.45) is 0. The fourth-order valence-corrected chi connectivity index (χ4v) is 2.26. The Balaban J connectivity index is 1.79. The first-order valence-electron chi connectivity index (χ1n) is 8.33. The predicted octanol–water partition coefficient (Wildman–Crippen LogP) is 2.87. The van der Waals surface area contributed by atoms with Crippen LogP contribution in [0.5, 0.6) is 17.2 Å². The molecule has 27 heavy (non-hydrogen) atoms. The van der Waals surface area contributed by atoms with Crippen molar-refractivity contribution in [3.8, 4) is 17.2 Å². The van der Waals surface area contributed by atoms with Crippen molar-refractivity contribution in [2.75, 3.05) is 20.3 Å². The van der Waals surface area contributed by atoms with Gasteiger partial charge in [0.2, 0.25) is 5.75 Å². The molecule has 8 nitrogen and oxygen atoms in total. The van der Waals surface area contributed by atoms with Gasteiger partial charge in [0.25, 0.3) is 5.91 Å². The average molecular weight is 374 g/mol. The zero-order valence-electron chi connectivity index (χ0n) is 15.4. The van der Waals surface area contributed by atoms with E-state index in [9.17, 15) is 14.9 Å². The number of carbonyl (C=O) groups is 1. The van der Waals surface area contributed by atoms with Crippen LogP contribution in [0.1, 0.15) is 12.5 Å². The van der Waals surface area contributed by atoms with E-state index in [1.54, 1.807) is 0 Å². The zero-order chi connectivity index (χ0) is 19.8. The molecule has 1 amide bonds. The molecule has 1 atom stereocenters. The highest BCUT2D eigenvalue weighted by Gasteiger charge is 2.16. The summed E-state index contributed by atoms with van der Waals surface area (Å²) in [5.74, 6) is 0.775. The Bertz CT molecular complexity index is 791. The molecule has 0 fully saturated rings. The molecule has 0 aliphatic heterocycles. The number of ether oxygens (including phenoxy) is 3. The zero-order valence-corrected chi connectivity index (χ0v) is 15.4. The van der Waals surface area contributed by atoms with Gasteiger partial charge in [-0.25, -0.2) is 0 Å². The second kappa shape index (κ2) is 9.42. The third kappa shape index (κ3) is 6.18. The van der Waals surface area contributed by atoms with Crippen molar-refractivity contribution in [1.29, 1.82) is 0 Å². The van der Waals surface area contributed by atoms with Gasteiger partial charge in [-0.3, -0.25) is 14.9 Å². The van der Waals surface area contributed by atoms with E-state index in [1.807, 2.05) is 38.1 Å². The number of nitrogens with one attached hydrogen (secondary N) is 1. The lowest BCUT2D eigenvalue weighted by molar-refractivity contribution is -0.385. The third-order valence-electron chi connectivity index (χ3n) is 3.65. The lowest BCUT2D eigenvalue weighted by atomic mass is 10.2. The number of nitro benzene ring substituents is 1. The van der Waals surface area contributed by atoms with E-state index in [-0.39, 0.29) is 30.0 Å². The van der Waals surface area contributed by atoms with Crippen molar-refractivity contribution in [2.45, 2.75) is 19.9 Å². The fourth-order valence-electron chi connectivity index (χ4n) is 2.26. The van der Waals surface area contributed by atoms with Crippen LogP contribution in [0.3, 0.4) is 0 Å². The summed E-state index contributed by atoms with van der Waals surface area (Å²) in [6, 6.07) is 11.5. The van der Waals surface area contributed by atoms with E-state index >= 15 is 0 Å². The second-order valence-electron chi connectivity index (χ2n) is 5.97. The molecule has 0 aliphatic rings. The van der Waals surface area contributed by atoms with Gasteiger partial charge >= 0.3 is 5.69 Å². The minimum Gasteiger partial charge on any atom is -0.491 e. The van der Waals surface area contributed by atoms with Crippen LogP contribution in [0.4, 0.5) is 5.69 Å². The Kier molecular flexibility index (Phi) is 6.99. The molecule has 144 valence electrons. The molecule has 8 heteroatoms. The van der Waals surface area contributed by atoms with Crippen LogP contribution in [0.15, 0.2) is 42.5 Å². The molecular formula is C19H22N2O6. The van der Waals surface area contributed by atoms with Crippen LogP contribution in [0.2, 0.25) is 0 Å². The number of carbonyl (C=O) groups excluding carboxylic acids is 1. The van der Waals surface area contributed by atoms with Crippen LogP contribution in [0.25, 0.3) is 0 Å². The van der Waals surface area contributed by atoms with E-state index in [0.29, 0.717) is 12.4 Å². The van der Waals surface area contributed by atoms with Gasteiger partial charge in [-0.1, -0.05) is 17.7 Å². The lowest BCUT2D eigenvalue weighted by Gasteiger charge is -2.15. The molecule has 2 aromatic carbocycles. The molecule has 0 heterocycles. The number of methoxy groups -OCH3 is 1. The maximum absolute atomic E-state index is 12.0. The molecule has 0 unspecified atom stereocenters. The highest BCUT2D eigenvalue weighted by Crippen LogP contribution is 2.30. The average Bonchev–Trinajstić information content (AvgIpc) is 2.65. The molecule has 0 bridgehead atoms. The highest BCUT2D eigenvalue weighted by molar-refractivity contribution is 5.77. The maximum Gasteiger partial charge on any atom is 0.311 e. The van der Waals surface area contributed by atoms with Gasteiger partial charge in [-0.15, -0.1) is 0 Å². The predicted molar refractivity (Wildman–Crippen MR) is 99.4 cm³/mol. The Labute approximate surface area is 157 Å². The standard InChI is InChI=1S/C19H22N2O6/c1-13-4-6-15(7-5-13)26-11-14(2)20-19(22)12-27-16-8-9-17(21(23)24)18(10-16)25-3/h4-10,14H,11-12H2,1-3H3,(H,20,22)/t14-/m0/s1. The lowest BCUT2D eigenvalue weighted by Crippen LogP contribution is -2.39. The van der Waals surface area contributed by atoms with E-state index in [1.165, 1.54) is 25.3 Å². The van der Waals surface area contributed by atoms with Crippen molar-refractivity contribution in [3.05, 3.63) is 58.1 Å². The van der Waals surface area contributed by atoms with Crippen molar-refractivity contribution in [1.82, 2.24) is 5.32 Å². The second-order valence-corrected chi connectivity index (χ2v) is 5.97. The largest absolute Gasteiger partial charge is 0.491 e. The molecule has 0 aromatic heterocycles. The summed E-state index contributed by atoms with van der Waals surface area (Å²) in [6.45, 7) is 3.91. The van der Waals surface area contributed by atoms with Gasteiger partial charge in [0, 0.05) is 12.1 Å². The summed E-state index contributed by atoms with van der Waals surface area (Å²) >= 11 is 0. The molecule has 0 spiro atoms. The molecule has 0 aliphatic carbocycles. The van der Waals surface area contributed by atoms with Crippen LogP contribution in [-0.2, 0) is 4.79 Å². The van der Waals surface area contributed by atoms with Gasteiger partial charge in [0.15, 0.2) is 6.61 Å². The minimum atomic E-state index is -0.551. The topological polar surface area (TPSA) is 99.9 Å². The Morgan fingerprint density at radius 3 is 2.44 bits per heavy atom. The maximum atomic E-state index is 12.0. The molecule has 2 aromatic rings. The smallest absolute Gasteiger partial charge is 0.311 e. The van der Waals surface area contributed by atoms with Crippen LogP contribution in [0, 0.1) is 17.0 Å². The third-order valence-corrected chi connectivity index (χ3v) is 3.65. The Hall–Kier alpha value is -3.29. The molecule has 1 N–H and O–H groups in total. The first-order chi connectivity index (χ1) is 12.9. The van der Waals surface area contributed by atoms with Gasteiger partial charge in [0.05, 0.1) is 18.1 Å². The quantitative estimate of drug-likeness (QED) is 0.535. The van der Waals surface area contributed by atoms with E-state index in [4.69, 9.17) is 14.2 Å². The first-order valence-corrected chi connectivity index (χ1v) is 8.33. The Morgan fingerprint density at radius 2 is 1.81 bits per heavy atom. The van der Waals surface area contributed by atoms with Crippen molar-refractivity contribution in [3.63, 3.8) is 0 Å². The number of rotatable bonds is 9. The fraction of sp³-hybridized carbons (Fsp3) is 0.316. The molecule has 0 radical (unpaired) electrons. The van der Waals surface area contributed by atoms with Crippen LogP contribution in [-0.4, -0.2) is 37.2 Å². The summed E-state index contributed by atoms with van der Waals surface area (Å²) in [5, 5.41) is 13.6. The number of benzene rings is 2. The van der Waals surface area contributed by atoms with Crippen LogP contribution >= 0.6 is 0 Å². The highest BCUT2D eigenvalue weighted by atomic mass is 16.6. The minimum absolute atomic E-state index is 0.0674. The normalized spacial score (nSPS) is 11.4. The van der Waals surface area contributed by atoms with Gasteiger partial charge in [-0.2, -0.15) is 0 Å². The summed E-state index contributed by atoms with van der Waals surface area (Å²) < 4.78 is 15.9. The van der Waals surface area contributed by atoms with Gasteiger partial charge < -0.3 is 19.5 Å². The van der Waals surface area contributed by atoms with Gasteiger partial charge in [0.1, 0.15) is 18.1 Å². The van der Waals surface area contributed by atoms with Gasteiger partial charge in [-0.05, 0) is 32.0 Å². The van der Waals surface area contributed by atoms with Crippen molar-refractivity contribution in [2.24, 2.45) is 0 Å². The number of nitro groups is 1. The van der Waals surface area contributed by atoms with E-state index < -0.39 is 4.92 Å². The summed E-state index contributed by atoms with van der Waals surface area (Å²) in [5.41, 5.74) is 0.972.